The van der Waals surface area contributed by atoms with Gasteiger partial charge in [0.1, 0.15) is 0 Å². The number of aryl methyl sites for hydroxylation is 1. The van der Waals surface area contributed by atoms with Gasteiger partial charge in [0.2, 0.25) is 0 Å². The molecule has 1 rings (SSSR count). The van der Waals surface area contributed by atoms with E-state index >= 15 is 0 Å². The summed E-state index contributed by atoms with van der Waals surface area (Å²) in [5, 5.41) is 9.86. The lowest BCUT2D eigenvalue weighted by atomic mass is 9.99. The van der Waals surface area contributed by atoms with Crippen LogP contribution in [-0.4, -0.2) is 27.4 Å². The molecule has 0 amide bonds. The van der Waals surface area contributed by atoms with Crippen LogP contribution in [0.4, 0.5) is 0 Å². The Hall–Kier alpha value is -0.870. The summed E-state index contributed by atoms with van der Waals surface area (Å²) in [4.78, 5) is 4.11. The molecule has 0 aliphatic carbocycles. The van der Waals surface area contributed by atoms with E-state index in [4.69, 9.17) is 4.74 Å². The fourth-order valence-corrected chi connectivity index (χ4v) is 1.34. The number of hydrogen-bond acceptors (Lipinski definition) is 3. The van der Waals surface area contributed by atoms with E-state index in [1.807, 2.05) is 31.7 Å². The van der Waals surface area contributed by atoms with Gasteiger partial charge in [0, 0.05) is 20.4 Å². The Morgan fingerprint density at radius 3 is 2.73 bits per heavy atom. The maximum Gasteiger partial charge on any atom is 0.0976 e. The lowest BCUT2D eigenvalue weighted by Crippen LogP contribution is -2.23. The lowest BCUT2D eigenvalue weighted by molar-refractivity contribution is 0.00244. The first-order valence-electron chi connectivity index (χ1n) is 5.16. The number of aliphatic hydroxyl groups excluding tert-OH is 1. The zero-order valence-corrected chi connectivity index (χ0v) is 9.90. The Morgan fingerprint density at radius 2 is 2.27 bits per heavy atom. The van der Waals surface area contributed by atoms with Crippen LogP contribution >= 0.6 is 0 Å². The van der Waals surface area contributed by atoms with Crippen LogP contribution in [-0.2, 0) is 11.8 Å². The van der Waals surface area contributed by atoms with Gasteiger partial charge >= 0.3 is 0 Å². The van der Waals surface area contributed by atoms with Crippen molar-refractivity contribution in [2.75, 3.05) is 7.11 Å². The molecule has 0 aliphatic rings. The summed E-state index contributed by atoms with van der Waals surface area (Å²) in [5.74, 6) is 0. The molecule has 0 spiro atoms. The monoisotopic (exact) mass is 212 g/mol. The Labute approximate surface area is 90.9 Å². The molecule has 0 radical (unpaired) electrons. The van der Waals surface area contributed by atoms with Gasteiger partial charge in [-0.15, -0.1) is 0 Å². The van der Waals surface area contributed by atoms with E-state index in [-0.39, 0.29) is 5.60 Å². The second-order valence-electron chi connectivity index (χ2n) is 4.48. The maximum atomic E-state index is 9.86. The zero-order valence-electron chi connectivity index (χ0n) is 9.90. The highest BCUT2D eigenvalue weighted by Crippen LogP contribution is 2.23. The molecule has 0 bridgehead atoms. The summed E-state index contributed by atoms with van der Waals surface area (Å²) in [6, 6.07) is 0. The molecule has 0 aliphatic heterocycles. The third-order valence-corrected chi connectivity index (χ3v) is 2.64. The van der Waals surface area contributed by atoms with Crippen LogP contribution in [0.15, 0.2) is 12.5 Å². The average Bonchev–Trinajstić information content (AvgIpc) is 2.61. The molecule has 0 fully saturated rings. The van der Waals surface area contributed by atoms with Crippen LogP contribution in [0.25, 0.3) is 0 Å². The van der Waals surface area contributed by atoms with Crippen LogP contribution in [0.1, 0.15) is 38.5 Å². The second-order valence-corrected chi connectivity index (χ2v) is 4.48. The molecule has 0 saturated carbocycles. The Balaban J connectivity index is 2.46. The number of aromatic nitrogens is 2. The highest BCUT2D eigenvalue weighted by molar-refractivity contribution is 5.00. The largest absolute Gasteiger partial charge is 0.387 e. The van der Waals surface area contributed by atoms with Crippen molar-refractivity contribution in [3.8, 4) is 0 Å². The van der Waals surface area contributed by atoms with Gasteiger partial charge in [0.25, 0.3) is 0 Å². The van der Waals surface area contributed by atoms with Crippen molar-refractivity contribution >= 4 is 0 Å². The smallest absolute Gasteiger partial charge is 0.0976 e. The van der Waals surface area contributed by atoms with Crippen LogP contribution in [0.3, 0.4) is 0 Å². The van der Waals surface area contributed by atoms with E-state index in [1.165, 1.54) is 0 Å². The first-order valence-corrected chi connectivity index (χ1v) is 5.16. The molecule has 0 aromatic carbocycles. The summed E-state index contributed by atoms with van der Waals surface area (Å²) >= 11 is 0. The molecule has 4 nitrogen and oxygen atoms in total. The fourth-order valence-electron chi connectivity index (χ4n) is 1.34. The topological polar surface area (TPSA) is 47.3 Å². The van der Waals surface area contributed by atoms with Gasteiger partial charge in [-0.3, -0.25) is 0 Å². The van der Waals surface area contributed by atoms with Crippen molar-refractivity contribution in [1.29, 1.82) is 0 Å². The molecule has 1 aromatic rings. The minimum atomic E-state index is -0.499. The molecule has 1 N–H and O–H groups in total. The zero-order chi connectivity index (χ0) is 11.5. The molecule has 1 aromatic heterocycles. The number of imidazole rings is 1. The number of methoxy groups -OCH3 is 1. The third-order valence-electron chi connectivity index (χ3n) is 2.64. The van der Waals surface area contributed by atoms with E-state index in [2.05, 4.69) is 4.98 Å². The van der Waals surface area contributed by atoms with Crippen molar-refractivity contribution in [2.24, 2.45) is 7.05 Å². The fraction of sp³-hybridized carbons (Fsp3) is 0.727. The lowest BCUT2D eigenvalue weighted by Gasteiger charge is -2.23. The van der Waals surface area contributed by atoms with E-state index in [0.717, 1.165) is 12.1 Å². The standard InChI is InChI=1S/C11H20N2O2/c1-11(2,15-4)6-5-10(14)9-7-13(3)8-12-9/h7-8,10,14H,5-6H2,1-4H3. The van der Waals surface area contributed by atoms with Crippen molar-refractivity contribution in [3.63, 3.8) is 0 Å². The minimum absolute atomic E-state index is 0.185. The molecule has 0 saturated heterocycles. The molecular weight excluding hydrogens is 192 g/mol. The van der Waals surface area contributed by atoms with Gasteiger partial charge in [-0.05, 0) is 26.7 Å². The molecule has 1 heterocycles. The minimum Gasteiger partial charge on any atom is -0.387 e. The molecule has 15 heavy (non-hydrogen) atoms. The molecule has 1 atom stereocenters. The van der Waals surface area contributed by atoms with Gasteiger partial charge in [0.05, 0.1) is 23.7 Å². The highest BCUT2D eigenvalue weighted by atomic mass is 16.5. The van der Waals surface area contributed by atoms with Crippen molar-refractivity contribution in [1.82, 2.24) is 9.55 Å². The van der Waals surface area contributed by atoms with Crippen molar-refractivity contribution in [3.05, 3.63) is 18.2 Å². The highest BCUT2D eigenvalue weighted by Gasteiger charge is 2.19. The van der Waals surface area contributed by atoms with Crippen LogP contribution in [0, 0.1) is 0 Å². The summed E-state index contributed by atoms with van der Waals surface area (Å²) in [5.41, 5.74) is 0.542. The number of nitrogens with zero attached hydrogens (tertiary/aromatic N) is 2. The Morgan fingerprint density at radius 1 is 1.60 bits per heavy atom. The predicted octanol–water partition coefficient (Wildman–Crippen LogP) is 1.66. The summed E-state index contributed by atoms with van der Waals surface area (Å²) < 4.78 is 7.13. The Kier molecular flexibility index (Phi) is 3.88. The van der Waals surface area contributed by atoms with Gasteiger partial charge in [-0.1, -0.05) is 0 Å². The molecule has 1 unspecified atom stereocenters. The molecule has 86 valence electrons. The number of aliphatic hydroxyl groups is 1. The van der Waals surface area contributed by atoms with Crippen molar-refractivity contribution in [2.45, 2.75) is 38.4 Å². The molecule has 4 heteroatoms. The van der Waals surface area contributed by atoms with Crippen LogP contribution in [0.5, 0.6) is 0 Å². The van der Waals surface area contributed by atoms with Gasteiger partial charge < -0.3 is 14.4 Å². The van der Waals surface area contributed by atoms with Gasteiger partial charge in [-0.2, -0.15) is 0 Å². The first-order chi connectivity index (χ1) is 6.94. The van der Waals surface area contributed by atoms with E-state index in [9.17, 15) is 5.11 Å². The van der Waals surface area contributed by atoms with Gasteiger partial charge in [0.15, 0.2) is 0 Å². The van der Waals surface area contributed by atoms with Gasteiger partial charge in [-0.25, -0.2) is 4.98 Å². The van der Waals surface area contributed by atoms with Crippen molar-refractivity contribution < 1.29 is 9.84 Å². The van der Waals surface area contributed by atoms with E-state index in [0.29, 0.717) is 6.42 Å². The Bertz CT molecular complexity index is 307. The van der Waals surface area contributed by atoms with Crippen LogP contribution in [0.2, 0.25) is 0 Å². The molecular formula is C11H20N2O2. The number of ether oxygens (including phenoxy) is 1. The SMILES string of the molecule is COC(C)(C)CCC(O)c1cn(C)cn1. The first kappa shape index (κ1) is 12.2. The average molecular weight is 212 g/mol. The summed E-state index contributed by atoms with van der Waals surface area (Å²) in [6.45, 7) is 4.02. The summed E-state index contributed by atoms with van der Waals surface area (Å²) in [6.07, 6.45) is 4.50. The quantitative estimate of drug-likeness (QED) is 0.807. The third kappa shape index (κ3) is 3.64. The van der Waals surface area contributed by atoms with E-state index < -0.39 is 6.10 Å². The second kappa shape index (κ2) is 4.77. The maximum absolute atomic E-state index is 9.86. The number of hydrogen-bond donors (Lipinski definition) is 1. The summed E-state index contributed by atoms with van der Waals surface area (Å²) in [7, 11) is 3.58. The van der Waals surface area contributed by atoms with E-state index in [1.54, 1.807) is 13.4 Å². The number of rotatable bonds is 5. The van der Waals surface area contributed by atoms with Crippen LogP contribution < -0.4 is 0 Å². The predicted molar refractivity (Wildman–Crippen MR) is 58.5 cm³/mol. The normalized spacial score (nSPS) is 14.2.